The summed E-state index contributed by atoms with van der Waals surface area (Å²) in [4.78, 5) is 14.4. The Hall–Kier alpha value is -1.88. The monoisotopic (exact) mass is 259 g/mol. The number of aliphatic hydroxyl groups is 1. The van der Waals surface area contributed by atoms with E-state index in [9.17, 15) is 9.90 Å². The molecule has 1 aliphatic heterocycles. The number of fused-ring (bicyclic) bond motifs is 1. The van der Waals surface area contributed by atoms with E-state index in [1.807, 2.05) is 23.1 Å². The number of likely N-dealkylation sites (tertiary alicyclic amines) is 1. The Bertz CT molecular complexity index is 593. The molecule has 1 amide bonds. The summed E-state index contributed by atoms with van der Waals surface area (Å²) in [6, 6.07) is 5.63. The quantitative estimate of drug-likeness (QED) is 0.856. The van der Waals surface area contributed by atoms with Gasteiger partial charge in [-0.15, -0.1) is 0 Å². The molecule has 2 heterocycles. The minimum atomic E-state index is 0.0213. The Morgan fingerprint density at radius 3 is 3.26 bits per heavy atom. The molecule has 2 N–H and O–H groups in total. The third-order valence-corrected chi connectivity index (χ3v) is 3.77. The molecule has 5 nitrogen and oxygen atoms in total. The number of amides is 1. The van der Waals surface area contributed by atoms with Crippen molar-refractivity contribution < 1.29 is 9.90 Å². The van der Waals surface area contributed by atoms with Crippen LogP contribution >= 0.6 is 0 Å². The highest BCUT2D eigenvalue weighted by molar-refractivity contribution is 6.05. The lowest BCUT2D eigenvalue weighted by Gasteiger charge is -2.32. The normalized spacial score (nSPS) is 19.8. The van der Waals surface area contributed by atoms with E-state index in [-0.39, 0.29) is 18.4 Å². The van der Waals surface area contributed by atoms with Crippen molar-refractivity contribution in [2.45, 2.75) is 12.8 Å². The lowest BCUT2D eigenvalue weighted by atomic mass is 9.98. The Balaban J connectivity index is 1.89. The maximum Gasteiger partial charge on any atom is 0.256 e. The van der Waals surface area contributed by atoms with Gasteiger partial charge in [-0.3, -0.25) is 9.89 Å². The summed E-state index contributed by atoms with van der Waals surface area (Å²) in [5, 5.41) is 17.1. The average molecular weight is 259 g/mol. The minimum Gasteiger partial charge on any atom is -0.396 e. The predicted octanol–water partition coefficient (Wildman–Crippen LogP) is 1.41. The van der Waals surface area contributed by atoms with E-state index in [0.717, 1.165) is 30.3 Å². The van der Waals surface area contributed by atoms with E-state index < -0.39 is 0 Å². The number of aromatic nitrogens is 2. The number of carbonyl (C=O) groups is 1. The molecule has 0 aliphatic carbocycles. The Morgan fingerprint density at radius 2 is 2.42 bits per heavy atom. The summed E-state index contributed by atoms with van der Waals surface area (Å²) in [6.07, 6.45) is 3.67. The highest BCUT2D eigenvalue weighted by Gasteiger charge is 2.25. The van der Waals surface area contributed by atoms with Crippen molar-refractivity contribution >= 4 is 16.8 Å². The number of H-pyrrole nitrogens is 1. The molecule has 0 saturated carbocycles. The van der Waals surface area contributed by atoms with Gasteiger partial charge >= 0.3 is 0 Å². The molecule has 1 aromatic carbocycles. The maximum atomic E-state index is 12.6. The molecule has 1 unspecified atom stereocenters. The van der Waals surface area contributed by atoms with Crippen molar-refractivity contribution in [3.63, 3.8) is 0 Å². The molecule has 19 heavy (non-hydrogen) atoms. The lowest BCUT2D eigenvalue weighted by Crippen LogP contribution is -2.41. The summed E-state index contributed by atoms with van der Waals surface area (Å²) in [5.41, 5.74) is 1.45. The number of nitrogens with one attached hydrogen (secondary N) is 1. The topological polar surface area (TPSA) is 69.2 Å². The number of benzene rings is 1. The van der Waals surface area contributed by atoms with Crippen LogP contribution in [0.3, 0.4) is 0 Å². The van der Waals surface area contributed by atoms with E-state index in [0.29, 0.717) is 12.1 Å². The molecule has 1 saturated heterocycles. The number of nitrogens with zero attached hydrogens (tertiary/aromatic N) is 2. The zero-order chi connectivity index (χ0) is 13.2. The van der Waals surface area contributed by atoms with Crippen molar-refractivity contribution in [3.05, 3.63) is 30.0 Å². The molecule has 100 valence electrons. The van der Waals surface area contributed by atoms with E-state index in [1.165, 1.54) is 0 Å². The molecule has 0 radical (unpaired) electrons. The maximum absolute atomic E-state index is 12.6. The van der Waals surface area contributed by atoms with Crippen molar-refractivity contribution in [1.82, 2.24) is 15.1 Å². The Labute approximate surface area is 111 Å². The van der Waals surface area contributed by atoms with E-state index in [1.54, 1.807) is 6.20 Å². The molecule has 0 bridgehead atoms. The average Bonchev–Trinajstić information content (AvgIpc) is 2.95. The fourth-order valence-electron chi connectivity index (χ4n) is 2.72. The second-order valence-corrected chi connectivity index (χ2v) is 5.08. The van der Waals surface area contributed by atoms with Gasteiger partial charge in [0, 0.05) is 25.1 Å². The number of aliphatic hydroxyl groups excluding tert-OH is 1. The van der Waals surface area contributed by atoms with E-state index in [4.69, 9.17) is 0 Å². The van der Waals surface area contributed by atoms with E-state index in [2.05, 4.69) is 10.2 Å². The number of aromatic amines is 1. The molecule has 1 aromatic heterocycles. The molecule has 1 atom stereocenters. The standard InChI is InChI=1S/C14H17N3O2/c18-9-10-3-2-6-17(8-10)14(19)12-5-1-4-11-7-15-16-13(11)12/h1,4-5,7,10,18H,2-3,6,8-9H2,(H,15,16). The van der Waals surface area contributed by atoms with Gasteiger partial charge in [0.1, 0.15) is 0 Å². The molecule has 1 aliphatic rings. The van der Waals surface area contributed by atoms with Crippen molar-refractivity contribution in [2.24, 2.45) is 5.92 Å². The molecule has 0 spiro atoms. The summed E-state index contributed by atoms with van der Waals surface area (Å²) < 4.78 is 0. The van der Waals surface area contributed by atoms with Crippen molar-refractivity contribution in [2.75, 3.05) is 19.7 Å². The van der Waals surface area contributed by atoms with Crippen molar-refractivity contribution in [1.29, 1.82) is 0 Å². The number of para-hydroxylation sites is 1. The van der Waals surface area contributed by atoms with Crippen LogP contribution in [-0.2, 0) is 0 Å². The second kappa shape index (κ2) is 5.01. The number of hydrogen-bond donors (Lipinski definition) is 2. The first-order chi connectivity index (χ1) is 9.29. The smallest absolute Gasteiger partial charge is 0.256 e. The summed E-state index contributed by atoms with van der Waals surface area (Å²) in [5.74, 6) is 0.228. The first-order valence-corrected chi connectivity index (χ1v) is 6.62. The van der Waals surface area contributed by atoms with Crippen LogP contribution in [0.2, 0.25) is 0 Å². The summed E-state index contributed by atoms with van der Waals surface area (Å²) >= 11 is 0. The van der Waals surface area contributed by atoms with Gasteiger partial charge in [-0.2, -0.15) is 5.10 Å². The van der Waals surface area contributed by atoms with Crippen LogP contribution in [-0.4, -0.2) is 45.8 Å². The molecule has 2 aromatic rings. The molecule has 1 fully saturated rings. The largest absolute Gasteiger partial charge is 0.396 e. The zero-order valence-corrected chi connectivity index (χ0v) is 10.7. The first kappa shape index (κ1) is 12.2. The van der Waals surface area contributed by atoms with Crippen LogP contribution < -0.4 is 0 Å². The SMILES string of the molecule is O=C(c1cccc2cn[nH]c12)N1CCCC(CO)C1. The van der Waals surface area contributed by atoms with Crippen LogP contribution in [0.4, 0.5) is 0 Å². The van der Waals surface area contributed by atoms with Gasteiger partial charge in [0.25, 0.3) is 5.91 Å². The van der Waals surface area contributed by atoms with Crippen LogP contribution in [0.1, 0.15) is 23.2 Å². The van der Waals surface area contributed by atoms with Gasteiger partial charge in [-0.1, -0.05) is 12.1 Å². The third-order valence-electron chi connectivity index (χ3n) is 3.77. The van der Waals surface area contributed by atoms with Gasteiger partial charge in [0.2, 0.25) is 0 Å². The molecular formula is C14H17N3O2. The molecular weight excluding hydrogens is 242 g/mol. The minimum absolute atomic E-state index is 0.0213. The fraction of sp³-hybridized carbons (Fsp3) is 0.429. The van der Waals surface area contributed by atoms with Crippen molar-refractivity contribution in [3.8, 4) is 0 Å². The first-order valence-electron chi connectivity index (χ1n) is 6.62. The fourth-order valence-corrected chi connectivity index (χ4v) is 2.72. The Kier molecular flexibility index (Phi) is 3.21. The highest BCUT2D eigenvalue weighted by atomic mass is 16.3. The number of rotatable bonds is 2. The van der Waals surface area contributed by atoms with Crippen LogP contribution in [0, 0.1) is 5.92 Å². The summed E-state index contributed by atoms with van der Waals surface area (Å²) in [6.45, 7) is 1.55. The molecule has 3 rings (SSSR count). The number of hydrogen-bond acceptors (Lipinski definition) is 3. The number of piperidine rings is 1. The van der Waals surface area contributed by atoms with Crippen LogP contribution in [0.15, 0.2) is 24.4 Å². The zero-order valence-electron chi connectivity index (χ0n) is 10.7. The molecule has 5 heteroatoms. The number of carbonyl (C=O) groups excluding carboxylic acids is 1. The van der Waals surface area contributed by atoms with Gasteiger partial charge in [-0.25, -0.2) is 0 Å². The van der Waals surface area contributed by atoms with Crippen LogP contribution in [0.25, 0.3) is 10.9 Å². The van der Waals surface area contributed by atoms with Gasteiger partial charge in [0.15, 0.2) is 0 Å². The Morgan fingerprint density at radius 1 is 1.53 bits per heavy atom. The highest BCUT2D eigenvalue weighted by Crippen LogP contribution is 2.21. The van der Waals surface area contributed by atoms with E-state index >= 15 is 0 Å². The van der Waals surface area contributed by atoms with Gasteiger partial charge in [-0.05, 0) is 24.8 Å². The second-order valence-electron chi connectivity index (χ2n) is 5.08. The van der Waals surface area contributed by atoms with Gasteiger partial charge in [0.05, 0.1) is 17.3 Å². The summed E-state index contributed by atoms with van der Waals surface area (Å²) in [7, 11) is 0. The lowest BCUT2D eigenvalue weighted by molar-refractivity contribution is 0.0622. The van der Waals surface area contributed by atoms with Crippen LogP contribution in [0.5, 0.6) is 0 Å². The predicted molar refractivity (Wildman–Crippen MR) is 71.8 cm³/mol. The van der Waals surface area contributed by atoms with Gasteiger partial charge < -0.3 is 10.0 Å². The third kappa shape index (κ3) is 2.21.